The number of aromatic hydroxyl groups is 1. The Bertz CT molecular complexity index is 1610. The first-order valence-corrected chi connectivity index (χ1v) is 13.9. The highest BCUT2D eigenvalue weighted by Crippen LogP contribution is 2.33. The number of aromatic nitrogens is 3. The molecule has 9 nitrogen and oxygen atoms in total. The van der Waals surface area contributed by atoms with Gasteiger partial charge in [-0.15, -0.1) is 0 Å². The summed E-state index contributed by atoms with van der Waals surface area (Å²) in [4.78, 5) is 35.3. The molecule has 1 fully saturated rings. The summed E-state index contributed by atoms with van der Waals surface area (Å²) in [6.07, 6.45) is 1.06. The van der Waals surface area contributed by atoms with Crippen molar-refractivity contribution >= 4 is 17.5 Å². The molecule has 1 aliphatic rings. The van der Waals surface area contributed by atoms with E-state index in [4.69, 9.17) is 0 Å². The fourth-order valence-corrected chi connectivity index (χ4v) is 5.09. The van der Waals surface area contributed by atoms with Gasteiger partial charge in [0.05, 0.1) is 23.6 Å². The highest BCUT2D eigenvalue weighted by Gasteiger charge is 2.33. The number of amides is 2. The first-order valence-electron chi connectivity index (χ1n) is 13.9. The minimum Gasteiger partial charge on any atom is -0.506 e. The molecule has 0 unspecified atom stereocenters. The lowest BCUT2D eigenvalue weighted by Gasteiger charge is -2.36. The molecular formula is C31H31F3N6O3. The topological polar surface area (TPSA) is 94.8 Å². The Labute approximate surface area is 246 Å². The van der Waals surface area contributed by atoms with Gasteiger partial charge in [-0.2, -0.15) is 18.3 Å². The minimum absolute atomic E-state index is 0.0323. The van der Waals surface area contributed by atoms with Crippen LogP contribution in [0.15, 0.2) is 73.3 Å². The number of pyridine rings is 1. The summed E-state index contributed by atoms with van der Waals surface area (Å²) < 4.78 is 42.9. The van der Waals surface area contributed by atoms with E-state index in [-0.39, 0.29) is 22.9 Å². The maximum absolute atomic E-state index is 13.9. The number of rotatable bonds is 7. The van der Waals surface area contributed by atoms with Crippen molar-refractivity contribution in [2.45, 2.75) is 20.0 Å². The van der Waals surface area contributed by atoms with Crippen molar-refractivity contribution in [2.75, 3.05) is 44.2 Å². The zero-order valence-corrected chi connectivity index (χ0v) is 23.8. The average Bonchev–Trinajstić information content (AvgIpc) is 3.52. The lowest BCUT2D eigenvalue weighted by molar-refractivity contribution is -0.137. The lowest BCUT2D eigenvalue weighted by Crippen LogP contribution is -2.48. The standard InChI is InChI=1S/C31H31F3N6O3/c1-3-37(4-2)29(42)21-5-7-26(8-6-21)38-9-11-39(12-10-38)30(43)22-13-25(31(32,33)34)16-27(14-22)40-20-24(18-36-40)23-15-28(41)19-35-17-23/h5-8,13-20,41H,3-4,9-12H2,1-2H3. The molecular weight excluding hydrogens is 561 g/mol. The molecule has 2 amide bonds. The van der Waals surface area contributed by atoms with Crippen LogP contribution in [0.25, 0.3) is 16.8 Å². The van der Waals surface area contributed by atoms with Crippen molar-refractivity contribution < 1.29 is 27.9 Å². The van der Waals surface area contributed by atoms with Gasteiger partial charge in [-0.25, -0.2) is 4.68 Å². The molecule has 4 aromatic rings. The van der Waals surface area contributed by atoms with E-state index in [2.05, 4.69) is 15.0 Å². The Kier molecular flexibility index (Phi) is 8.38. The van der Waals surface area contributed by atoms with Crippen molar-refractivity contribution in [3.8, 4) is 22.6 Å². The van der Waals surface area contributed by atoms with Gasteiger partial charge in [0.1, 0.15) is 5.75 Å². The van der Waals surface area contributed by atoms with E-state index in [1.165, 1.54) is 41.6 Å². The Morgan fingerprint density at radius 1 is 0.860 bits per heavy atom. The molecule has 1 saturated heterocycles. The molecule has 0 bridgehead atoms. The molecule has 0 spiro atoms. The summed E-state index contributed by atoms with van der Waals surface area (Å²) in [6, 6.07) is 12.0. The van der Waals surface area contributed by atoms with Crippen LogP contribution in [0.5, 0.6) is 5.75 Å². The van der Waals surface area contributed by atoms with Crippen molar-refractivity contribution in [3.05, 3.63) is 90.0 Å². The van der Waals surface area contributed by atoms with Crippen LogP contribution in [0.2, 0.25) is 0 Å². The summed E-state index contributed by atoms with van der Waals surface area (Å²) in [6.45, 7) is 6.73. The van der Waals surface area contributed by atoms with Gasteiger partial charge < -0.3 is 19.8 Å². The molecule has 12 heteroatoms. The molecule has 1 aliphatic heterocycles. The Balaban J connectivity index is 1.32. The molecule has 1 N–H and O–H groups in total. The van der Waals surface area contributed by atoms with Crippen LogP contribution in [0, 0.1) is 0 Å². The number of nitrogens with zero attached hydrogens (tertiary/aromatic N) is 6. The van der Waals surface area contributed by atoms with Gasteiger partial charge in [0.2, 0.25) is 0 Å². The third kappa shape index (κ3) is 6.47. The predicted octanol–water partition coefficient (Wildman–Crippen LogP) is 5.10. The van der Waals surface area contributed by atoms with Gasteiger partial charge in [-0.1, -0.05) is 0 Å². The Morgan fingerprint density at radius 2 is 1.56 bits per heavy atom. The fraction of sp³-hybridized carbons (Fsp3) is 0.290. The second-order valence-corrected chi connectivity index (χ2v) is 10.2. The normalized spacial score (nSPS) is 13.7. The molecule has 224 valence electrons. The molecule has 0 radical (unpaired) electrons. The SMILES string of the molecule is CCN(CC)C(=O)c1ccc(N2CCN(C(=O)c3cc(-n4cc(-c5cncc(O)c5)cn4)cc(C(F)(F)F)c3)CC2)cc1. The quantitative estimate of drug-likeness (QED) is 0.321. The van der Waals surface area contributed by atoms with Crippen LogP contribution in [0.4, 0.5) is 18.9 Å². The molecule has 43 heavy (non-hydrogen) atoms. The summed E-state index contributed by atoms with van der Waals surface area (Å²) in [7, 11) is 0. The Morgan fingerprint density at radius 3 is 2.19 bits per heavy atom. The third-order valence-corrected chi connectivity index (χ3v) is 7.49. The molecule has 0 aliphatic carbocycles. The molecule has 2 aromatic carbocycles. The van der Waals surface area contributed by atoms with E-state index in [1.54, 1.807) is 21.9 Å². The minimum atomic E-state index is -4.67. The first-order chi connectivity index (χ1) is 20.6. The van der Waals surface area contributed by atoms with E-state index < -0.39 is 17.6 Å². The molecule has 2 aromatic heterocycles. The molecule has 0 atom stereocenters. The summed E-state index contributed by atoms with van der Waals surface area (Å²) >= 11 is 0. The van der Waals surface area contributed by atoms with Gasteiger partial charge in [0.15, 0.2) is 0 Å². The van der Waals surface area contributed by atoms with Crippen LogP contribution < -0.4 is 4.90 Å². The highest BCUT2D eigenvalue weighted by atomic mass is 19.4. The predicted molar refractivity (Wildman–Crippen MR) is 155 cm³/mol. The second-order valence-electron chi connectivity index (χ2n) is 10.2. The summed E-state index contributed by atoms with van der Waals surface area (Å²) in [5, 5.41) is 13.9. The van der Waals surface area contributed by atoms with Gasteiger partial charge in [-0.05, 0) is 62.4 Å². The number of benzene rings is 2. The Hall–Kier alpha value is -4.87. The molecule has 3 heterocycles. The maximum Gasteiger partial charge on any atom is 0.416 e. The van der Waals surface area contributed by atoms with Gasteiger partial charge in [0, 0.05) is 79.6 Å². The molecule has 0 saturated carbocycles. The number of hydrogen-bond donors (Lipinski definition) is 1. The van der Waals surface area contributed by atoms with Crippen LogP contribution in [0.1, 0.15) is 40.1 Å². The summed E-state index contributed by atoms with van der Waals surface area (Å²) in [5.41, 5.74) is 1.62. The zero-order chi connectivity index (χ0) is 30.7. The number of halogens is 3. The van der Waals surface area contributed by atoms with E-state index in [1.807, 2.05) is 26.0 Å². The monoisotopic (exact) mass is 592 g/mol. The smallest absolute Gasteiger partial charge is 0.416 e. The van der Waals surface area contributed by atoms with E-state index >= 15 is 0 Å². The highest BCUT2D eigenvalue weighted by molar-refractivity contribution is 5.95. The second kappa shape index (κ2) is 12.2. The number of hydrogen-bond acceptors (Lipinski definition) is 6. The van der Waals surface area contributed by atoms with Gasteiger partial charge in [-0.3, -0.25) is 14.6 Å². The molecule has 5 rings (SSSR count). The van der Waals surface area contributed by atoms with E-state index in [9.17, 15) is 27.9 Å². The lowest BCUT2D eigenvalue weighted by atomic mass is 10.1. The zero-order valence-electron chi connectivity index (χ0n) is 23.8. The van der Waals surface area contributed by atoms with Crippen molar-refractivity contribution in [1.29, 1.82) is 0 Å². The number of carbonyl (C=O) groups is 2. The maximum atomic E-state index is 13.9. The van der Waals surface area contributed by atoms with Crippen LogP contribution in [-0.4, -0.2) is 80.8 Å². The third-order valence-electron chi connectivity index (χ3n) is 7.49. The van der Waals surface area contributed by atoms with Crippen LogP contribution in [0.3, 0.4) is 0 Å². The van der Waals surface area contributed by atoms with Crippen molar-refractivity contribution in [3.63, 3.8) is 0 Å². The largest absolute Gasteiger partial charge is 0.506 e. The number of carbonyl (C=O) groups excluding carboxylic acids is 2. The average molecular weight is 593 g/mol. The van der Waals surface area contributed by atoms with E-state index in [0.717, 1.165) is 17.8 Å². The van der Waals surface area contributed by atoms with Gasteiger partial charge in [0.25, 0.3) is 11.8 Å². The van der Waals surface area contributed by atoms with Crippen molar-refractivity contribution in [1.82, 2.24) is 24.6 Å². The number of alkyl halides is 3. The summed E-state index contributed by atoms with van der Waals surface area (Å²) in [5.74, 6) is -0.591. The number of anilines is 1. The van der Waals surface area contributed by atoms with Crippen molar-refractivity contribution in [2.24, 2.45) is 0 Å². The first kappa shape index (κ1) is 29.6. The van der Waals surface area contributed by atoms with Crippen LogP contribution >= 0.6 is 0 Å². The van der Waals surface area contributed by atoms with Gasteiger partial charge >= 0.3 is 6.18 Å². The fourth-order valence-electron chi connectivity index (χ4n) is 5.09. The van der Waals surface area contributed by atoms with Crippen LogP contribution in [-0.2, 0) is 6.18 Å². The number of piperazine rings is 1. The van der Waals surface area contributed by atoms with E-state index in [0.29, 0.717) is 56.0 Å².